The van der Waals surface area contributed by atoms with E-state index in [1.54, 1.807) is 6.08 Å². The summed E-state index contributed by atoms with van der Waals surface area (Å²) in [6.45, 7) is 10.9. The normalized spacial score (nSPS) is 12.7. The van der Waals surface area contributed by atoms with Crippen LogP contribution in [0.15, 0.2) is 22.8 Å². The molecule has 0 N–H and O–H groups in total. The molecule has 0 aliphatic carbocycles. The van der Waals surface area contributed by atoms with Crippen LogP contribution in [0.25, 0.3) is 0 Å². The molecule has 0 spiro atoms. The fourth-order valence-electron chi connectivity index (χ4n) is 1.48. The van der Waals surface area contributed by atoms with Gasteiger partial charge in [0.05, 0.1) is 0 Å². The third-order valence-electron chi connectivity index (χ3n) is 2.87. The van der Waals surface area contributed by atoms with Crippen LogP contribution in [0.2, 0.25) is 15.8 Å². The van der Waals surface area contributed by atoms with E-state index in [0.29, 0.717) is 11.8 Å². The second-order valence-corrected chi connectivity index (χ2v) is 14.6. The van der Waals surface area contributed by atoms with Gasteiger partial charge in [-0.15, -0.1) is 0 Å². The van der Waals surface area contributed by atoms with Crippen LogP contribution in [0.3, 0.4) is 0 Å². The molecule has 0 heterocycles. The summed E-state index contributed by atoms with van der Waals surface area (Å²) >= 11 is 4.22. The van der Waals surface area contributed by atoms with Gasteiger partial charge < -0.3 is 0 Å². The van der Waals surface area contributed by atoms with E-state index < -0.39 is 13.3 Å². The van der Waals surface area contributed by atoms with Gasteiger partial charge in [0.25, 0.3) is 0 Å². The van der Waals surface area contributed by atoms with Gasteiger partial charge in [-0.3, -0.25) is 0 Å². The number of hydrogen-bond acceptors (Lipinski definition) is 1. The molecule has 0 unspecified atom stereocenters. The quantitative estimate of drug-likeness (QED) is 0.382. The van der Waals surface area contributed by atoms with Gasteiger partial charge in [0.15, 0.2) is 0 Å². The molecule has 0 atom stereocenters. The molecule has 0 fully saturated rings. The second-order valence-electron chi connectivity index (χ2n) is 3.47. The van der Waals surface area contributed by atoms with E-state index in [1.807, 2.05) is 0 Å². The van der Waals surface area contributed by atoms with E-state index in [-0.39, 0.29) is 0 Å². The molecule has 0 aromatic carbocycles. The summed E-state index contributed by atoms with van der Waals surface area (Å²) in [4.78, 5) is 2.23. The Hall–Kier alpha value is 0.113. The van der Waals surface area contributed by atoms with Gasteiger partial charge in [-0.2, -0.15) is 0 Å². The third-order valence-corrected chi connectivity index (χ3v) is 14.2. The van der Waals surface area contributed by atoms with Gasteiger partial charge in [-0.1, -0.05) is 0 Å². The fraction of sp³-hybridized carbons (Fsp3) is 0.636. The molecule has 0 aromatic heterocycles. The number of ether oxygens (including phenoxy) is 1. The van der Waals surface area contributed by atoms with Crippen molar-refractivity contribution in [3.05, 3.63) is 22.8 Å². The molecular formula is C11H21ClGeO. The Balaban J connectivity index is 4.44. The van der Waals surface area contributed by atoms with Crippen LogP contribution >= 0.6 is 11.6 Å². The summed E-state index contributed by atoms with van der Waals surface area (Å²) in [6.07, 6.45) is 1.72. The van der Waals surface area contributed by atoms with Crippen LogP contribution in [0.4, 0.5) is 0 Å². The Labute approximate surface area is 95.5 Å². The molecule has 0 radical (unpaired) electrons. The van der Waals surface area contributed by atoms with Crippen molar-refractivity contribution in [1.82, 2.24) is 0 Å². The summed E-state index contributed by atoms with van der Waals surface area (Å²) < 4.78 is 5.31. The van der Waals surface area contributed by atoms with Gasteiger partial charge in [0.1, 0.15) is 0 Å². The maximum absolute atomic E-state index is 6.02. The van der Waals surface area contributed by atoms with Crippen molar-refractivity contribution in [3.8, 4) is 0 Å². The second kappa shape index (κ2) is 7.41. The number of hydrogen-bond donors (Lipinski definition) is 0. The zero-order valence-electron chi connectivity index (χ0n) is 9.48. The van der Waals surface area contributed by atoms with Crippen molar-refractivity contribution >= 4 is 24.9 Å². The minimum absolute atomic E-state index is 0.505. The zero-order chi connectivity index (χ0) is 11.0. The molecule has 1 nitrogen and oxygen atoms in total. The Kier molecular flexibility index (Phi) is 7.47. The van der Waals surface area contributed by atoms with Gasteiger partial charge in [-0.05, 0) is 0 Å². The summed E-state index contributed by atoms with van der Waals surface area (Å²) in [5.74, 6) is 0. The Morgan fingerprint density at radius 3 is 2.14 bits per heavy atom. The summed E-state index contributed by atoms with van der Waals surface area (Å²) in [5, 5.41) is 4.41. The summed E-state index contributed by atoms with van der Waals surface area (Å²) in [6, 6.07) is 0. The summed E-state index contributed by atoms with van der Waals surface area (Å²) in [5.41, 5.74) is 0. The van der Waals surface area contributed by atoms with Crippen molar-refractivity contribution in [2.24, 2.45) is 0 Å². The first-order valence-electron chi connectivity index (χ1n) is 5.26. The predicted octanol–water partition coefficient (Wildman–Crippen LogP) is 4.32. The van der Waals surface area contributed by atoms with E-state index in [1.165, 1.54) is 15.8 Å². The molecule has 82 valence electrons. The van der Waals surface area contributed by atoms with Crippen LogP contribution in [0, 0.1) is 0 Å². The monoisotopic (exact) mass is 278 g/mol. The molecule has 0 amide bonds. The van der Waals surface area contributed by atoms with Crippen molar-refractivity contribution in [2.75, 3.05) is 6.61 Å². The standard InChI is InChI=1S/C11H21ClGeO/c1-5-9-14-11(12)10-13(6-2,7-3)8-4/h5,10H,1,6-9H2,2-4H3/b11-10-. The van der Waals surface area contributed by atoms with Crippen LogP contribution in [0.5, 0.6) is 0 Å². The van der Waals surface area contributed by atoms with Crippen LogP contribution < -0.4 is 0 Å². The van der Waals surface area contributed by atoms with Gasteiger partial charge >= 0.3 is 95.5 Å². The SMILES string of the molecule is C=CCO/C(Cl)=[CH]\[Ge]([CH2]C)([CH2]C)[CH2]C. The van der Waals surface area contributed by atoms with Gasteiger partial charge in [0, 0.05) is 0 Å². The maximum atomic E-state index is 6.02. The molecule has 14 heavy (non-hydrogen) atoms. The number of rotatable bonds is 7. The molecule has 0 rings (SSSR count). The Bertz CT molecular complexity index is 189. The van der Waals surface area contributed by atoms with E-state index in [4.69, 9.17) is 16.3 Å². The van der Waals surface area contributed by atoms with Gasteiger partial charge in [-0.25, -0.2) is 0 Å². The predicted molar refractivity (Wildman–Crippen MR) is 67.3 cm³/mol. The molecule has 0 saturated heterocycles. The van der Waals surface area contributed by atoms with E-state index in [9.17, 15) is 0 Å². The van der Waals surface area contributed by atoms with Crippen LogP contribution in [-0.2, 0) is 4.74 Å². The molecule has 0 aliphatic rings. The fourth-order valence-corrected chi connectivity index (χ4v) is 8.36. The Morgan fingerprint density at radius 1 is 1.29 bits per heavy atom. The molecule has 0 aliphatic heterocycles. The third kappa shape index (κ3) is 4.56. The van der Waals surface area contributed by atoms with E-state index in [2.05, 4.69) is 32.3 Å². The molecule has 0 bridgehead atoms. The van der Waals surface area contributed by atoms with E-state index in [0.717, 1.165) is 0 Å². The first-order chi connectivity index (χ1) is 6.64. The molecular weight excluding hydrogens is 256 g/mol. The number of halogens is 1. The first kappa shape index (κ1) is 14.1. The average Bonchev–Trinajstić information content (AvgIpc) is 2.23. The summed E-state index contributed by atoms with van der Waals surface area (Å²) in [7, 11) is 0. The molecule has 0 saturated carbocycles. The van der Waals surface area contributed by atoms with Crippen molar-refractivity contribution < 1.29 is 4.74 Å². The molecule has 0 aromatic rings. The molecule has 3 heteroatoms. The minimum atomic E-state index is -1.80. The van der Waals surface area contributed by atoms with Crippen LogP contribution in [0.1, 0.15) is 20.8 Å². The Morgan fingerprint density at radius 2 is 1.79 bits per heavy atom. The zero-order valence-corrected chi connectivity index (χ0v) is 12.3. The van der Waals surface area contributed by atoms with E-state index >= 15 is 0 Å². The van der Waals surface area contributed by atoms with Crippen molar-refractivity contribution in [2.45, 2.75) is 36.5 Å². The average molecular weight is 277 g/mol. The van der Waals surface area contributed by atoms with Crippen molar-refractivity contribution in [1.29, 1.82) is 0 Å². The van der Waals surface area contributed by atoms with Gasteiger partial charge in [0.2, 0.25) is 0 Å². The topological polar surface area (TPSA) is 9.23 Å². The first-order valence-corrected chi connectivity index (χ1v) is 11.3. The van der Waals surface area contributed by atoms with Crippen molar-refractivity contribution in [3.63, 3.8) is 0 Å². The van der Waals surface area contributed by atoms with Crippen LogP contribution in [-0.4, -0.2) is 19.9 Å².